The minimum Gasteiger partial charge on any atom is -0.434 e. The summed E-state index contributed by atoms with van der Waals surface area (Å²) in [7, 11) is 0. The predicted octanol–water partition coefficient (Wildman–Crippen LogP) is 5.93. The van der Waals surface area contributed by atoms with Crippen molar-refractivity contribution in [3.8, 4) is 17.4 Å². The van der Waals surface area contributed by atoms with Gasteiger partial charge in [0.15, 0.2) is 10.9 Å². The molecule has 0 amide bonds. The molecule has 0 saturated heterocycles. The van der Waals surface area contributed by atoms with E-state index in [-0.39, 0.29) is 16.8 Å². The Morgan fingerprint density at radius 3 is 2.61 bits per heavy atom. The molecule has 1 saturated carbocycles. The van der Waals surface area contributed by atoms with Crippen LogP contribution in [0, 0.1) is 10.5 Å². The van der Waals surface area contributed by atoms with Gasteiger partial charge in [0.25, 0.3) is 5.88 Å². The first kappa shape index (κ1) is 19.1. The molecule has 0 aliphatic heterocycles. The molecular formula is C21H16ClIN2O3. The maximum Gasteiger partial charge on any atom is 0.343 e. The number of carbonyl (C=O) groups is 1. The zero-order chi connectivity index (χ0) is 19.7. The largest absolute Gasteiger partial charge is 0.434 e. The first-order valence-corrected chi connectivity index (χ1v) is 10.3. The Kier molecular flexibility index (Phi) is 5.50. The van der Waals surface area contributed by atoms with Crippen molar-refractivity contribution in [2.75, 3.05) is 0 Å². The first-order chi connectivity index (χ1) is 13.5. The van der Waals surface area contributed by atoms with E-state index >= 15 is 0 Å². The van der Waals surface area contributed by atoms with Crippen molar-refractivity contribution in [3.05, 3.63) is 73.9 Å². The Hall–Kier alpha value is -2.19. The molecule has 0 bridgehead atoms. The topological polar surface area (TPSA) is 61.3 Å². The van der Waals surface area contributed by atoms with Gasteiger partial charge in [0, 0.05) is 9.64 Å². The smallest absolute Gasteiger partial charge is 0.343 e. The number of carbonyl (C=O) groups excluding carboxylic acids is 1. The SMILES string of the molecule is Cc1cccc(C2CC2)c1Oc1nnc(Cl)cc1OC(=O)c1ccc(I)cc1. The molecule has 5 nitrogen and oxygen atoms in total. The minimum absolute atomic E-state index is 0.111. The monoisotopic (exact) mass is 506 g/mol. The standard InChI is InChI=1S/C21H16ClIN2O3/c1-12-3-2-4-16(13-5-6-13)19(12)28-20-17(11-18(22)24-25-20)27-21(26)14-7-9-15(23)10-8-14/h2-4,7-11,13H,5-6H2,1H3. The summed E-state index contributed by atoms with van der Waals surface area (Å²) in [6.45, 7) is 1.97. The third-order valence-electron chi connectivity index (χ3n) is 4.44. The van der Waals surface area contributed by atoms with Gasteiger partial charge >= 0.3 is 5.97 Å². The number of hydrogen-bond acceptors (Lipinski definition) is 5. The van der Waals surface area contributed by atoms with E-state index in [1.165, 1.54) is 6.07 Å². The van der Waals surface area contributed by atoms with Crippen LogP contribution in [0.15, 0.2) is 48.5 Å². The van der Waals surface area contributed by atoms with Crippen LogP contribution in [0.4, 0.5) is 0 Å². The highest BCUT2D eigenvalue weighted by atomic mass is 127. The number of benzene rings is 2. The molecule has 7 heteroatoms. The fraction of sp³-hybridized carbons (Fsp3) is 0.190. The van der Waals surface area contributed by atoms with Crippen molar-refractivity contribution < 1.29 is 14.3 Å². The molecule has 142 valence electrons. The first-order valence-electron chi connectivity index (χ1n) is 8.79. The van der Waals surface area contributed by atoms with E-state index in [2.05, 4.69) is 38.9 Å². The van der Waals surface area contributed by atoms with Crippen molar-refractivity contribution in [3.63, 3.8) is 0 Å². The van der Waals surface area contributed by atoms with Gasteiger partial charge < -0.3 is 9.47 Å². The fourth-order valence-electron chi connectivity index (χ4n) is 2.86. The van der Waals surface area contributed by atoms with Gasteiger partial charge in [0.05, 0.1) is 5.56 Å². The Labute approximate surface area is 181 Å². The lowest BCUT2D eigenvalue weighted by Crippen LogP contribution is -2.10. The summed E-state index contributed by atoms with van der Waals surface area (Å²) >= 11 is 8.15. The third-order valence-corrected chi connectivity index (χ3v) is 5.34. The number of aromatic nitrogens is 2. The number of hydrogen-bond donors (Lipinski definition) is 0. The minimum atomic E-state index is -0.516. The van der Waals surface area contributed by atoms with Gasteiger partial charge in [-0.1, -0.05) is 29.8 Å². The molecule has 1 aliphatic carbocycles. The van der Waals surface area contributed by atoms with E-state index in [1.807, 2.05) is 31.2 Å². The molecule has 0 radical (unpaired) electrons. The molecule has 0 unspecified atom stereocenters. The summed E-state index contributed by atoms with van der Waals surface area (Å²) < 4.78 is 12.6. The average molecular weight is 507 g/mol. The van der Waals surface area contributed by atoms with Crippen molar-refractivity contribution in [1.29, 1.82) is 0 Å². The molecule has 2 aromatic carbocycles. The van der Waals surface area contributed by atoms with E-state index in [0.717, 1.165) is 33.3 Å². The Balaban J connectivity index is 1.64. The lowest BCUT2D eigenvalue weighted by Gasteiger charge is -2.14. The second-order valence-corrected chi connectivity index (χ2v) is 8.24. The number of ether oxygens (including phenoxy) is 2. The highest BCUT2D eigenvalue weighted by Gasteiger charge is 2.28. The molecule has 1 fully saturated rings. The van der Waals surface area contributed by atoms with Crippen LogP contribution in [0.5, 0.6) is 17.4 Å². The normalized spacial score (nSPS) is 13.2. The Bertz CT molecular complexity index is 1040. The van der Waals surface area contributed by atoms with Gasteiger partial charge in [-0.2, -0.15) is 0 Å². The third kappa shape index (κ3) is 4.28. The average Bonchev–Trinajstić information content (AvgIpc) is 3.51. The van der Waals surface area contributed by atoms with Crippen LogP contribution in [0.1, 0.15) is 40.2 Å². The van der Waals surface area contributed by atoms with Crippen molar-refractivity contribution in [2.24, 2.45) is 0 Å². The molecule has 4 rings (SSSR count). The zero-order valence-electron chi connectivity index (χ0n) is 15.0. The molecule has 1 aliphatic rings. The van der Waals surface area contributed by atoms with Gasteiger partial charge in [0.1, 0.15) is 5.75 Å². The second-order valence-electron chi connectivity index (χ2n) is 6.60. The van der Waals surface area contributed by atoms with E-state index < -0.39 is 5.97 Å². The molecule has 28 heavy (non-hydrogen) atoms. The summed E-state index contributed by atoms with van der Waals surface area (Å²) in [5.74, 6) is 0.951. The van der Waals surface area contributed by atoms with Crippen LogP contribution in [-0.2, 0) is 0 Å². The molecule has 1 aromatic heterocycles. The number of nitrogens with zero attached hydrogens (tertiary/aromatic N) is 2. The number of aryl methyl sites for hydroxylation is 1. The van der Waals surface area contributed by atoms with E-state index in [4.69, 9.17) is 21.1 Å². The van der Waals surface area contributed by atoms with E-state index in [1.54, 1.807) is 12.1 Å². The summed E-state index contributed by atoms with van der Waals surface area (Å²) in [6.07, 6.45) is 2.28. The molecule has 0 spiro atoms. The van der Waals surface area contributed by atoms with Crippen LogP contribution < -0.4 is 9.47 Å². The summed E-state index contributed by atoms with van der Waals surface area (Å²) in [6, 6.07) is 14.6. The van der Waals surface area contributed by atoms with Gasteiger partial charge in [-0.05, 0) is 83.7 Å². The van der Waals surface area contributed by atoms with E-state index in [9.17, 15) is 4.79 Å². The Morgan fingerprint density at radius 1 is 1.14 bits per heavy atom. The molecule has 3 aromatic rings. The summed E-state index contributed by atoms with van der Waals surface area (Å²) in [5.41, 5.74) is 2.54. The summed E-state index contributed by atoms with van der Waals surface area (Å²) in [5, 5.41) is 7.97. The molecule has 0 N–H and O–H groups in total. The van der Waals surface area contributed by atoms with Gasteiger partial charge in [0.2, 0.25) is 0 Å². The zero-order valence-corrected chi connectivity index (χ0v) is 17.9. The summed E-state index contributed by atoms with van der Waals surface area (Å²) in [4.78, 5) is 12.5. The van der Waals surface area contributed by atoms with Crippen molar-refractivity contribution in [2.45, 2.75) is 25.7 Å². The number of para-hydroxylation sites is 1. The fourth-order valence-corrected chi connectivity index (χ4v) is 3.35. The van der Waals surface area contributed by atoms with Crippen LogP contribution in [0.25, 0.3) is 0 Å². The van der Waals surface area contributed by atoms with Crippen LogP contribution >= 0.6 is 34.2 Å². The quantitative estimate of drug-likeness (QED) is 0.317. The van der Waals surface area contributed by atoms with Gasteiger partial charge in [-0.3, -0.25) is 0 Å². The van der Waals surface area contributed by atoms with Gasteiger partial charge in [-0.25, -0.2) is 4.79 Å². The number of rotatable bonds is 5. The van der Waals surface area contributed by atoms with Crippen LogP contribution in [0.2, 0.25) is 5.15 Å². The lowest BCUT2D eigenvalue weighted by molar-refractivity contribution is 0.0729. The van der Waals surface area contributed by atoms with Crippen LogP contribution in [-0.4, -0.2) is 16.2 Å². The second kappa shape index (κ2) is 8.05. The maximum atomic E-state index is 12.5. The Morgan fingerprint density at radius 2 is 1.89 bits per heavy atom. The molecule has 1 heterocycles. The highest BCUT2D eigenvalue weighted by molar-refractivity contribution is 14.1. The van der Waals surface area contributed by atoms with Crippen molar-refractivity contribution in [1.82, 2.24) is 10.2 Å². The predicted molar refractivity (Wildman–Crippen MR) is 114 cm³/mol. The van der Waals surface area contributed by atoms with Crippen LogP contribution in [0.3, 0.4) is 0 Å². The molecular weight excluding hydrogens is 491 g/mol. The highest BCUT2D eigenvalue weighted by Crippen LogP contribution is 2.46. The number of halogens is 2. The maximum absolute atomic E-state index is 12.5. The van der Waals surface area contributed by atoms with Gasteiger partial charge in [-0.15, -0.1) is 10.2 Å². The lowest BCUT2D eigenvalue weighted by atomic mass is 10.1. The van der Waals surface area contributed by atoms with Crippen molar-refractivity contribution >= 4 is 40.2 Å². The number of esters is 1. The van der Waals surface area contributed by atoms with E-state index in [0.29, 0.717) is 11.5 Å². The molecule has 0 atom stereocenters.